The van der Waals surface area contributed by atoms with Gasteiger partial charge in [-0.3, -0.25) is 0 Å². The predicted octanol–water partition coefficient (Wildman–Crippen LogP) is 2.06. The van der Waals surface area contributed by atoms with Crippen LogP contribution in [0.2, 0.25) is 0 Å². The van der Waals surface area contributed by atoms with E-state index in [1.165, 1.54) is 22.9 Å². The number of rotatable bonds is 1. The Morgan fingerprint density at radius 1 is 1.64 bits per heavy atom. The quantitative estimate of drug-likeness (QED) is 0.739. The van der Waals surface area contributed by atoms with Gasteiger partial charge in [0.05, 0.1) is 10.9 Å². The Morgan fingerprint density at radius 3 is 3.18 bits per heavy atom. The number of fused-ring (bicyclic) bond motifs is 1. The second-order valence-electron chi connectivity index (χ2n) is 1.97. The van der Waals surface area contributed by atoms with Gasteiger partial charge in [-0.15, -0.1) is 11.3 Å². The summed E-state index contributed by atoms with van der Waals surface area (Å²) in [6.07, 6.45) is 1.60. The van der Waals surface area contributed by atoms with E-state index in [1.807, 2.05) is 5.38 Å². The van der Waals surface area contributed by atoms with Crippen LogP contribution >= 0.6 is 22.9 Å². The number of aromatic nitrogens is 1. The van der Waals surface area contributed by atoms with Crippen molar-refractivity contribution in [1.82, 2.24) is 4.37 Å². The van der Waals surface area contributed by atoms with Gasteiger partial charge in [-0.2, -0.15) is 4.37 Å². The molecule has 0 bridgehead atoms. The molecule has 0 atom stereocenters. The summed E-state index contributed by atoms with van der Waals surface area (Å²) in [5, 5.41) is 11.3. The molecule has 0 aliphatic rings. The number of carboxylic acid groups (broad SMARTS) is 1. The number of aromatic carboxylic acids is 1. The van der Waals surface area contributed by atoms with E-state index in [4.69, 9.17) is 5.11 Å². The largest absolute Gasteiger partial charge is 0.477 e. The van der Waals surface area contributed by atoms with Crippen LogP contribution in [-0.2, 0) is 0 Å². The molecular formula is C6H3NO2S2. The summed E-state index contributed by atoms with van der Waals surface area (Å²) >= 11 is 2.57. The van der Waals surface area contributed by atoms with Crippen molar-refractivity contribution in [1.29, 1.82) is 0 Å². The van der Waals surface area contributed by atoms with Crippen molar-refractivity contribution in [2.75, 3.05) is 0 Å². The Hall–Kier alpha value is -0.940. The Balaban J connectivity index is 2.78. The van der Waals surface area contributed by atoms with Crippen molar-refractivity contribution in [2.24, 2.45) is 0 Å². The van der Waals surface area contributed by atoms with Gasteiger partial charge >= 0.3 is 5.97 Å². The van der Waals surface area contributed by atoms with Crippen LogP contribution in [0.25, 0.3) is 10.1 Å². The fourth-order valence-electron chi connectivity index (χ4n) is 0.846. The lowest BCUT2D eigenvalue weighted by atomic mass is 10.3. The van der Waals surface area contributed by atoms with Gasteiger partial charge in [0.2, 0.25) is 0 Å². The maximum absolute atomic E-state index is 10.6. The van der Waals surface area contributed by atoms with Crippen molar-refractivity contribution >= 4 is 38.9 Å². The molecule has 0 saturated carbocycles. The Morgan fingerprint density at radius 2 is 2.45 bits per heavy atom. The highest BCUT2D eigenvalue weighted by Gasteiger charge is 2.11. The summed E-state index contributed by atoms with van der Waals surface area (Å²) in [4.78, 5) is 10.9. The molecule has 0 amide bonds. The van der Waals surface area contributed by atoms with Crippen LogP contribution in [0.3, 0.4) is 0 Å². The van der Waals surface area contributed by atoms with Crippen LogP contribution in [0.4, 0.5) is 0 Å². The summed E-state index contributed by atoms with van der Waals surface area (Å²) in [7, 11) is 0. The van der Waals surface area contributed by atoms with Crippen molar-refractivity contribution in [3.8, 4) is 0 Å². The minimum absolute atomic E-state index is 0.383. The molecule has 0 radical (unpaired) electrons. The zero-order valence-corrected chi connectivity index (χ0v) is 6.91. The molecule has 2 aromatic rings. The highest BCUT2D eigenvalue weighted by Crippen LogP contribution is 2.27. The third-order valence-electron chi connectivity index (χ3n) is 1.32. The van der Waals surface area contributed by atoms with Gasteiger partial charge in [0.15, 0.2) is 0 Å². The summed E-state index contributed by atoms with van der Waals surface area (Å²) < 4.78 is 4.84. The predicted molar refractivity (Wildman–Crippen MR) is 44.5 cm³/mol. The molecule has 2 heterocycles. The first-order valence-corrected chi connectivity index (χ1v) is 4.49. The summed E-state index contributed by atoms with van der Waals surface area (Å²) in [5.41, 5.74) is 0. The third-order valence-corrected chi connectivity index (χ3v) is 3.20. The number of hydrogen-bond acceptors (Lipinski definition) is 4. The average molecular weight is 185 g/mol. The van der Waals surface area contributed by atoms with E-state index in [1.54, 1.807) is 6.20 Å². The molecule has 0 unspecified atom stereocenters. The summed E-state index contributed by atoms with van der Waals surface area (Å²) in [6.45, 7) is 0. The summed E-state index contributed by atoms with van der Waals surface area (Å²) in [5.74, 6) is -0.870. The molecule has 0 aliphatic heterocycles. The lowest BCUT2D eigenvalue weighted by molar-refractivity contribution is 0.0704. The zero-order valence-electron chi connectivity index (χ0n) is 5.27. The number of thiophene rings is 1. The highest BCUT2D eigenvalue weighted by atomic mass is 32.1. The van der Waals surface area contributed by atoms with E-state index in [0.29, 0.717) is 4.88 Å². The molecule has 0 fully saturated rings. The van der Waals surface area contributed by atoms with Crippen molar-refractivity contribution < 1.29 is 9.90 Å². The fraction of sp³-hybridized carbons (Fsp3) is 0. The van der Waals surface area contributed by atoms with Gasteiger partial charge in [0.25, 0.3) is 0 Å². The van der Waals surface area contributed by atoms with Crippen LogP contribution in [0.1, 0.15) is 9.67 Å². The number of nitrogens with zero attached hydrogens (tertiary/aromatic N) is 1. The van der Waals surface area contributed by atoms with Crippen LogP contribution < -0.4 is 0 Å². The molecule has 3 nitrogen and oxygen atoms in total. The van der Waals surface area contributed by atoms with E-state index in [-0.39, 0.29) is 0 Å². The SMILES string of the molecule is O=C(O)c1scc2sncc12. The van der Waals surface area contributed by atoms with Crippen molar-refractivity contribution in [3.63, 3.8) is 0 Å². The molecule has 0 aliphatic carbocycles. The van der Waals surface area contributed by atoms with E-state index >= 15 is 0 Å². The zero-order chi connectivity index (χ0) is 7.84. The topological polar surface area (TPSA) is 50.2 Å². The molecule has 5 heteroatoms. The van der Waals surface area contributed by atoms with E-state index in [9.17, 15) is 4.79 Å². The first kappa shape index (κ1) is 6.75. The maximum Gasteiger partial charge on any atom is 0.346 e. The molecule has 0 spiro atoms. The minimum Gasteiger partial charge on any atom is -0.477 e. The first-order chi connectivity index (χ1) is 5.29. The van der Waals surface area contributed by atoms with Gasteiger partial charge in [-0.25, -0.2) is 4.79 Å². The van der Waals surface area contributed by atoms with E-state index < -0.39 is 5.97 Å². The normalized spacial score (nSPS) is 10.5. The van der Waals surface area contributed by atoms with Gasteiger partial charge in [-0.05, 0) is 11.5 Å². The first-order valence-electron chi connectivity index (χ1n) is 2.84. The lowest BCUT2D eigenvalue weighted by Crippen LogP contribution is -1.90. The fourth-order valence-corrected chi connectivity index (χ4v) is 2.49. The Bertz CT molecular complexity index is 403. The molecule has 1 N–H and O–H groups in total. The molecule has 0 saturated heterocycles. The van der Waals surface area contributed by atoms with Crippen molar-refractivity contribution in [2.45, 2.75) is 0 Å². The van der Waals surface area contributed by atoms with Gasteiger partial charge in [0, 0.05) is 10.8 Å². The van der Waals surface area contributed by atoms with Crippen LogP contribution in [0.15, 0.2) is 11.6 Å². The van der Waals surface area contributed by atoms with Crippen LogP contribution in [-0.4, -0.2) is 15.4 Å². The minimum atomic E-state index is -0.870. The van der Waals surface area contributed by atoms with Gasteiger partial charge in [0.1, 0.15) is 4.88 Å². The molecule has 56 valence electrons. The number of hydrogen-bond donors (Lipinski definition) is 1. The monoisotopic (exact) mass is 185 g/mol. The van der Waals surface area contributed by atoms with E-state index in [2.05, 4.69) is 4.37 Å². The molecule has 0 aromatic carbocycles. The van der Waals surface area contributed by atoms with E-state index in [0.717, 1.165) is 10.1 Å². The van der Waals surface area contributed by atoms with Crippen LogP contribution in [0, 0.1) is 0 Å². The lowest BCUT2D eigenvalue weighted by Gasteiger charge is -1.82. The van der Waals surface area contributed by atoms with Gasteiger partial charge < -0.3 is 5.11 Å². The summed E-state index contributed by atoms with van der Waals surface area (Å²) in [6, 6.07) is 0. The number of carboxylic acids is 1. The molecule has 11 heavy (non-hydrogen) atoms. The molecular weight excluding hydrogens is 182 g/mol. The van der Waals surface area contributed by atoms with Crippen LogP contribution in [0.5, 0.6) is 0 Å². The average Bonchev–Trinajstić information content (AvgIpc) is 2.41. The standard InChI is InChI=1S/C6H3NO2S2/c8-6(9)5-3-1-7-11-4(3)2-10-5/h1-2H,(H,8,9). The van der Waals surface area contributed by atoms with Gasteiger partial charge in [-0.1, -0.05) is 0 Å². The smallest absolute Gasteiger partial charge is 0.346 e. The van der Waals surface area contributed by atoms with Crippen molar-refractivity contribution in [3.05, 3.63) is 16.5 Å². The Kier molecular flexibility index (Phi) is 1.40. The highest BCUT2D eigenvalue weighted by molar-refractivity contribution is 7.20. The molecule has 2 aromatic heterocycles. The third kappa shape index (κ3) is 0.928. The molecule has 2 rings (SSSR count). The second-order valence-corrected chi connectivity index (χ2v) is 3.69. The Labute approximate surface area is 70.1 Å². The maximum atomic E-state index is 10.6. The second kappa shape index (κ2) is 2.28. The number of carbonyl (C=O) groups is 1.